The third-order valence-corrected chi connectivity index (χ3v) is 1.68. The van der Waals surface area contributed by atoms with Gasteiger partial charge in [-0.25, -0.2) is 0 Å². The van der Waals surface area contributed by atoms with E-state index in [4.69, 9.17) is 16.2 Å². The number of nitrogens with zero attached hydrogens (tertiary/aromatic N) is 1. The lowest BCUT2D eigenvalue weighted by molar-refractivity contribution is 0.306. The molecule has 0 spiro atoms. The summed E-state index contributed by atoms with van der Waals surface area (Å²) in [5.74, 6) is -0.0553. The van der Waals surface area contributed by atoms with Crippen molar-refractivity contribution < 1.29 is 5.11 Å². The predicted octanol–water partition coefficient (Wildman–Crippen LogP) is 0.379. The second kappa shape index (κ2) is 4.47. The average Bonchev–Trinajstić information content (AvgIpc) is 2.15. The number of aliphatic hydroxyl groups is 1. The van der Waals surface area contributed by atoms with Gasteiger partial charge in [-0.2, -0.15) is 0 Å². The van der Waals surface area contributed by atoms with Crippen LogP contribution in [0.2, 0.25) is 0 Å². The summed E-state index contributed by atoms with van der Waals surface area (Å²) in [7, 11) is 0. The van der Waals surface area contributed by atoms with Crippen LogP contribution in [0.4, 0.5) is 5.69 Å². The molecule has 0 aliphatic rings. The molecule has 0 saturated carbocycles. The van der Waals surface area contributed by atoms with Crippen molar-refractivity contribution in [2.75, 3.05) is 18.1 Å². The van der Waals surface area contributed by atoms with Gasteiger partial charge in [0, 0.05) is 12.2 Å². The summed E-state index contributed by atoms with van der Waals surface area (Å²) in [6, 6.07) is 9.31. The maximum absolute atomic E-state index is 8.75. The first-order valence-corrected chi connectivity index (χ1v) is 4.03. The lowest BCUT2D eigenvalue weighted by atomic mass is 10.3. The van der Waals surface area contributed by atoms with Gasteiger partial charge in [-0.05, 0) is 12.1 Å². The van der Waals surface area contributed by atoms with Crippen molar-refractivity contribution in [1.82, 2.24) is 0 Å². The van der Waals surface area contributed by atoms with Crippen molar-refractivity contribution in [2.45, 2.75) is 0 Å². The van der Waals surface area contributed by atoms with E-state index in [0.29, 0.717) is 6.54 Å². The summed E-state index contributed by atoms with van der Waals surface area (Å²) in [5.41, 5.74) is 6.18. The highest BCUT2D eigenvalue weighted by Crippen LogP contribution is 2.11. The van der Waals surface area contributed by atoms with Crippen LogP contribution in [-0.2, 0) is 0 Å². The van der Waals surface area contributed by atoms with Crippen LogP contribution in [0.15, 0.2) is 30.3 Å². The Morgan fingerprint density at radius 1 is 1.38 bits per heavy atom. The first kappa shape index (κ1) is 9.54. The molecule has 1 aromatic rings. The Hall–Kier alpha value is -1.55. The number of nitrogens with one attached hydrogen (secondary N) is 1. The Morgan fingerprint density at radius 2 is 2.00 bits per heavy atom. The molecule has 0 amide bonds. The highest BCUT2D eigenvalue weighted by atomic mass is 16.3. The van der Waals surface area contributed by atoms with Crippen LogP contribution in [0.5, 0.6) is 0 Å². The Morgan fingerprint density at radius 3 is 2.46 bits per heavy atom. The molecule has 0 atom stereocenters. The minimum Gasteiger partial charge on any atom is -0.395 e. The maximum atomic E-state index is 8.75. The van der Waals surface area contributed by atoms with Gasteiger partial charge >= 0.3 is 0 Å². The SMILES string of the molecule is N=C(N)N(CCO)c1ccccc1. The molecule has 0 saturated heterocycles. The van der Waals surface area contributed by atoms with E-state index in [0.717, 1.165) is 5.69 Å². The van der Waals surface area contributed by atoms with E-state index < -0.39 is 0 Å². The fourth-order valence-corrected chi connectivity index (χ4v) is 1.10. The second-order valence-corrected chi connectivity index (χ2v) is 2.60. The van der Waals surface area contributed by atoms with Gasteiger partial charge in [0.25, 0.3) is 0 Å². The number of para-hydroxylation sites is 1. The predicted molar refractivity (Wildman–Crippen MR) is 52.8 cm³/mol. The minimum atomic E-state index is -0.0553. The third kappa shape index (κ3) is 2.45. The number of rotatable bonds is 3. The fourth-order valence-electron chi connectivity index (χ4n) is 1.10. The van der Waals surface area contributed by atoms with Crippen LogP contribution in [0.1, 0.15) is 0 Å². The summed E-state index contributed by atoms with van der Waals surface area (Å²) in [5, 5.41) is 16.0. The van der Waals surface area contributed by atoms with Gasteiger partial charge in [0.05, 0.1) is 6.61 Å². The van der Waals surface area contributed by atoms with Crippen LogP contribution in [0.3, 0.4) is 0 Å². The molecule has 0 aromatic heterocycles. The zero-order chi connectivity index (χ0) is 9.68. The second-order valence-electron chi connectivity index (χ2n) is 2.60. The molecule has 0 unspecified atom stereocenters. The smallest absolute Gasteiger partial charge is 0.193 e. The van der Waals surface area contributed by atoms with E-state index in [2.05, 4.69) is 0 Å². The summed E-state index contributed by atoms with van der Waals surface area (Å²) >= 11 is 0. The maximum Gasteiger partial charge on any atom is 0.193 e. The van der Waals surface area contributed by atoms with Gasteiger partial charge in [0.2, 0.25) is 0 Å². The van der Waals surface area contributed by atoms with Gasteiger partial charge in [-0.1, -0.05) is 18.2 Å². The van der Waals surface area contributed by atoms with Crippen molar-refractivity contribution in [3.8, 4) is 0 Å². The summed E-state index contributed by atoms with van der Waals surface area (Å²) in [6.45, 7) is 0.327. The van der Waals surface area contributed by atoms with Crippen molar-refractivity contribution in [3.63, 3.8) is 0 Å². The molecule has 0 bridgehead atoms. The molecular formula is C9H13N3O. The molecule has 1 aromatic carbocycles. The molecule has 0 radical (unpaired) electrons. The van der Waals surface area contributed by atoms with Crippen molar-refractivity contribution in [2.24, 2.45) is 5.73 Å². The highest BCUT2D eigenvalue weighted by Gasteiger charge is 2.06. The Bertz CT molecular complexity index is 273. The van der Waals surface area contributed by atoms with E-state index in [1.54, 1.807) is 4.90 Å². The quantitative estimate of drug-likeness (QED) is 0.464. The minimum absolute atomic E-state index is 0.0194. The normalized spacial score (nSPS) is 9.62. The monoisotopic (exact) mass is 179 g/mol. The topological polar surface area (TPSA) is 73.3 Å². The molecule has 0 aliphatic carbocycles. The zero-order valence-electron chi connectivity index (χ0n) is 7.27. The number of aliphatic hydroxyl groups excluding tert-OH is 1. The van der Waals surface area contributed by atoms with E-state index in [1.165, 1.54) is 0 Å². The number of hydrogen-bond acceptors (Lipinski definition) is 2. The summed E-state index contributed by atoms with van der Waals surface area (Å²) < 4.78 is 0. The van der Waals surface area contributed by atoms with Crippen LogP contribution in [0, 0.1) is 5.41 Å². The number of benzene rings is 1. The molecule has 4 nitrogen and oxygen atoms in total. The highest BCUT2D eigenvalue weighted by molar-refractivity contribution is 5.92. The Balaban J connectivity index is 2.82. The van der Waals surface area contributed by atoms with Crippen molar-refractivity contribution >= 4 is 11.6 Å². The summed E-state index contributed by atoms with van der Waals surface area (Å²) in [6.07, 6.45) is 0. The largest absolute Gasteiger partial charge is 0.395 e. The molecule has 4 heteroatoms. The van der Waals surface area contributed by atoms with Crippen LogP contribution in [-0.4, -0.2) is 24.2 Å². The molecule has 1 rings (SSSR count). The standard InChI is InChI=1S/C9H13N3O/c10-9(11)12(6-7-13)8-4-2-1-3-5-8/h1-5,13H,6-7H2,(H3,10,11). The number of hydrogen-bond donors (Lipinski definition) is 3. The van der Waals surface area contributed by atoms with E-state index in [9.17, 15) is 0 Å². The molecule has 70 valence electrons. The fraction of sp³-hybridized carbons (Fsp3) is 0.222. The van der Waals surface area contributed by atoms with Crippen LogP contribution >= 0.6 is 0 Å². The number of guanidine groups is 1. The summed E-state index contributed by atoms with van der Waals surface area (Å²) in [4.78, 5) is 1.54. The Kier molecular flexibility index (Phi) is 3.28. The van der Waals surface area contributed by atoms with Gasteiger partial charge in [0.1, 0.15) is 0 Å². The van der Waals surface area contributed by atoms with Gasteiger partial charge in [-0.3, -0.25) is 5.41 Å². The molecule has 13 heavy (non-hydrogen) atoms. The van der Waals surface area contributed by atoms with E-state index in [1.807, 2.05) is 30.3 Å². The third-order valence-electron chi connectivity index (χ3n) is 1.68. The van der Waals surface area contributed by atoms with Crippen LogP contribution in [0.25, 0.3) is 0 Å². The molecule has 4 N–H and O–H groups in total. The van der Waals surface area contributed by atoms with Gasteiger partial charge in [0.15, 0.2) is 5.96 Å². The molecule has 0 aliphatic heterocycles. The van der Waals surface area contributed by atoms with Gasteiger partial charge in [-0.15, -0.1) is 0 Å². The first-order chi connectivity index (χ1) is 6.25. The van der Waals surface area contributed by atoms with Crippen molar-refractivity contribution in [1.29, 1.82) is 5.41 Å². The van der Waals surface area contributed by atoms with Crippen molar-refractivity contribution in [3.05, 3.63) is 30.3 Å². The first-order valence-electron chi connectivity index (χ1n) is 4.03. The van der Waals surface area contributed by atoms with Crippen LogP contribution < -0.4 is 10.6 Å². The molecular weight excluding hydrogens is 166 g/mol. The average molecular weight is 179 g/mol. The molecule has 0 heterocycles. The Labute approximate surface area is 77.1 Å². The number of nitrogens with two attached hydrogens (primary N) is 1. The van der Waals surface area contributed by atoms with Gasteiger partial charge < -0.3 is 15.7 Å². The number of anilines is 1. The molecule has 0 fully saturated rings. The zero-order valence-corrected chi connectivity index (χ0v) is 7.27. The lowest BCUT2D eigenvalue weighted by Gasteiger charge is -2.21. The van der Waals surface area contributed by atoms with E-state index in [-0.39, 0.29) is 12.6 Å². The lowest BCUT2D eigenvalue weighted by Crippen LogP contribution is -2.38. The van der Waals surface area contributed by atoms with E-state index >= 15 is 0 Å².